The molecule has 0 spiro atoms. The molecule has 1 rings (SSSR count). The molecule has 6 nitrogen and oxygen atoms in total. The number of nitrogens with one attached hydrogen (secondary N) is 2. The Morgan fingerprint density at radius 2 is 2.22 bits per heavy atom. The summed E-state index contributed by atoms with van der Waals surface area (Å²) in [6.45, 7) is 5.96. The third kappa shape index (κ3) is 4.67. The molecule has 0 bridgehead atoms. The van der Waals surface area contributed by atoms with Gasteiger partial charge in [-0.2, -0.15) is 0 Å². The van der Waals surface area contributed by atoms with Crippen LogP contribution in [0.25, 0.3) is 0 Å². The summed E-state index contributed by atoms with van der Waals surface area (Å²) in [5.41, 5.74) is 0.326. The van der Waals surface area contributed by atoms with E-state index in [1.165, 1.54) is 0 Å². The van der Waals surface area contributed by atoms with Crippen LogP contribution in [0.15, 0.2) is 12.1 Å². The predicted octanol–water partition coefficient (Wildman–Crippen LogP) is 0.921. The summed E-state index contributed by atoms with van der Waals surface area (Å²) in [5.74, 6) is 0.843. The van der Waals surface area contributed by atoms with E-state index in [0.29, 0.717) is 30.6 Å². The Kier molecular flexibility index (Phi) is 6.07. The first-order chi connectivity index (χ1) is 8.67. The van der Waals surface area contributed by atoms with E-state index >= 15 is 0 Å². The Hall–Kier alpha value is -1.69. The number of aromatic nitrogens is 2. The molecule has 0 radical (unpaired) electrons. The van der Waals surface area contributed by atoms with Crippen LogP contribution in [0.2, 0.25) is 0 Å². The average Bonchev–Trinajstić information content (AvgIpc) is 2.37. The van der Waals surface area contributed by atoms with Crippen LogP contribution in [0.4, 0.5) is 5.82 Å². The van der Waals surface area contributed by atoms with Crippen molar-refractivity contribution in [3.63, 3.8) is 0 Å². The molecule has 0 fully saturated rings. The van der Waals surface area contributed by atoms with Crippen molar-refractivity contribution in [3.05, 3.63) is 17.8 Å². The van der Waals surface area contributed by atoms with E-state index in [0.717, 1.165) is 6.54 Å². The van der Waals surface area contributed by atoms with Crippen molar-refractivity contribution in [2.45, 2.75) is 13.8 Å². The lowest BCUT2D eigenvalue weighted by Gasteiger charge is -2.11. The number of rotatable bonds is 7. The topological polar surface area (TPSA) is 76.1 Å². The van der Waals surface area contributed by atoms with E-state index in [4.69, 9.17) is 4.74 Å². The number of carbonyl (C=O) groups excluding carboxylic acids is 1. The van der Waals surface area contributed by atoms with Gasteiger partial charge in [-0.05, 0) is 25.0 Å². The Balaban J connectivity index is 2.47. The SMILES string of the molecule is CCNC(=O)c1ccc(NCC(C)COC)nn1. The summed E-state index contributed by atoms with van der Waals surface area (Å²) in [4.78, 5) is 11.5. The minimum atomic E-state index is -0.204. The number of hydrogen-bond donors (Lipinski definition) is 2. The van der Waals surface area contributed by atoms with Crippen LogP contribution >= 0.6 is 0 Å². The molecule has 1 amide bonds. The third-order valence-electron chi connectivity index (χ3n) is 2.32. The quantitative estimate of drug-likeness (QED) is 0.754. The van der Waals surface area contributed by atoms with Gasteiger partial charge in [0, 0.05) is 20.2 Å². The van der Waals surface area contributed by atoms with Crippen molar-refractivity contribution in [3.8, 4) is 0 Å². The molecule has 0 saturated heterocycles. The monoisotopic (exact) mass is 252 g/mol. The van der Waals surface area contributed by atoms with Gasteiger partial charge in [0.2, 0.25) is 0 Å². The van der Waals surface area contributed by atoms with Gasteiger partial charge >= 0.3 is 0 Å². The summed E-state index contributed by atoms with van der Waals surface area (Å²) in [6.07, 6.45) is 0. The molecule has 18 heavy (non-hydrogen) atoms. The smallest absolute Gasteiger partial charge is 0.271 e. The second-order valence-electron chi connectivity index (χ2n) is 4.10. The zero-order chi connectivity index (χ0) is 13.4. The lowest BCUT2D eigenvalue weighted by molar-refractivity contribution is 0.0950. The Morgan fingerprint density at radius 3 is 2.78 bits per heavy atom. The van der Waals surface area contributed by atoms with Gasteiger partial charge in [0.1, 0.15) is 5.82 Å². The Labute approximate surface area is 107 Å². The zero-order valence-corrected chi connectivity index (χ0v) is 11.1. The van der Waals surface area contributed by atoms with Crippen molar-refractivity contribution in [2.75, 3.05) is 32.1 Å². The molecule has 1 unspecified atom stereocenters. The summed E-state index contributed by atoms with van der Waals surface area (Å²) < 4.78 is 5.04. The highest BCUT2D eigenvalue weighted by Gasteiger charge is 2.07. The van der Waals surface area contributed by atoms with Gasteiger partial charge in [0.25, 0.3) is 5.91 Å². The van der Waals surface area contributed by atoms with Gasteiger partial charge in [-0.25, -0.2) is 0 Å². The number of amides is 1. The van der Waals surface area contributed by atoms with E-state index in [9.17, 15) is 4.79 Å². The number of hydrogen-bond acceptors (Lipinski definition) is 5. The number of anilines is 1. The number of carbonyl (C=O) groups is 1. The molecular weight excluding hydrogens is 232 g/mol. The van der Waals surface area contributed by atoms with Gasteiger partial charge in [-0.1, -0.05) is 6.92 Å². The van der Waals surface area contributed by atoms with Crippen molar-refractivity contribution < 1.29 is 9.53 Å². The minimum Gasteiger partial charge on any atom is -0.384 e. The highest BCUT2D eigenvalue weighted by Crippen LogP contribution is 2.04. The van der Waals surface area contributed by atoms with E-state index in [1.807, 2.05) is 6.92 Å². The maximum Gasteiger partial charge on any atom is 0.271 e. The van der Waals surface area contributed by atoms with Crippen LogP contribution in [-0.2, 0) is 4.74 Å². The molecule has 0 aliphatic rings. The first kappa shape index (κ1) is 14.4. The minimum absolute atomic E-state index is 0.204. The first-order valence-corrected chi connectivity index (χ1v) is 6.02. The van der Waals surface area contributed by atoms with Crippen LogP contribution in [-0.4, -0.2) is 42.9 Å². The molecule has 0 aliphatic carbocycles. The number of ether oxygens (including phenoxy) is 1. The fourth-order valence-electron chi connectivity index (χ4n) is 1.42. The molecule has 1 heterocycles. The number of nitrogens with zero attached hydrogens (tertiary/aromatic N) is 2. The van der Waals surface area contributed by atoms with E-state index < -0.39 is 0 Å². The molecule has 1 aromatic heterocycles. The fourth-order valence-corrected chi connectivity index (χ4v) is 1.42. The molecule has 1 aromatic rings. The molecule has 0 aliphatic heterocycles. The third-order valence-corrected chi connectivity index (χ3v) is 2.32. The molecule has 1 atom stereocenters. The molecular formula is C12H20N4O2. The van der Waals surface area contributed by atoms with Crippen LogP contribution < -0.4 is 10.6 Å². The largest absolute Gasteiger partial charge is 0.384 e. The van der Waals surface area contributed by atoms with Crippen molar-refractivity contribution in [1.82, 2.24) is 15.5 Å². The summed E-state index contributed by atoms with van der Waals surface area (Å²) in [6, 6.07) is 3.40. The van der Waals surface area contributed by atoms with Crippen LogP contribution in [0.5, 0.6) is 0 Å². The molecule has 100 valence electrons. The fraction of sp³-hybridized carbons (Fsp3) is 0.583. The standard InChI is InChI=1S/C12H20N4O2/c1-4-13-12(17)10-5-6-11(16-15-10)14-7-9(2)8-18-3/h5-6,9H,4,7-8H2,1-3H3,(H,13,17)(H,14,16). The lowest BCUT2D eigenvalue weighted by atomic mass is 10.2. The summed E-state index contributed by atoms with van der Waals surface area (Å²) in [5, 5.41) is 13.6. The van der Waals surface area contributed by atoms with Crippen molar-refractivity contribution in [2.24, 2.45) is 5.92 Å². The van der Waals surface area contributed by atoms with Crippen LogP contribution in [0.3, 0.4) is 0 Å². The Morgan fingerprint density at radius 1 is 1.44 bits per heavy atom. The normalized spacial score (nSPS) is 11.9. The highest BCUT2D eigenvalue weighted by atomic mass is 16.5. The van der Waals surface area contributed by atoms with Crippen LogP contribution in [0.1, 0.15) is 24.3 Å². The van der Waals surface area contributed by atoms with Crippen molar-refractivity contribution in [1.29, 1.82) is 0 Å². The first-order valence-electron chi connectivity index (χ1n) is 6.02. The number of methoxy groups -OCH3 is 1. The summed E-state index contributed by atoms with van der Waals surface area (Å²) >= 11 is 0. The molecule has 2 N–H and O–H groups in total. The van der Waals surface area contributed by atoms with Gasteiger partial charge in [-0.15, -0.1) is 10.2 Å². The van der Waals surface area contributed by atoms with Crippen molar-refractivity contribution >= 4 is 11.7 Å². The average molecular weight is 252 g/mol. The Bertz CT molecular complexity index is 367. The lowest BCUT2D eigenvalue weighted by Crippen LogP contribution is -2.24. The maximum absolute atomic E-state index is 11.5. The van der Waals surface area contributed by atoms with Gasteiger partial charge in [0.05, 0.1) is 6.61 Å². The zero-order valence-electron chi connectivity index (χ0n) is 11.1. The second kappa shape index (κ2) is 7.60. The van der Waals surface area contributed by atoms with E-state index in [-0.39, 0.29) is 5.91 Å². The van der Waals surface area contributed by atoms with E-state index in [2.05, 4.69) is 27.8 Å². The van der Waals surface area contributed by atoms with E-state index in [1.54, 1.807) is 19.2 Å². The molecule has 0 saturated carbocycles. The van der Waals surface area contributed by atoms with Gasteiger partial charge < -0.3 is 15.4 Å². The second-order valence-corrected chi connectivity index (χ2v) is 4.10. The summed E-state index contributed by atoms with van der Waals surface area (Å²) in [7, 11) is 1.68. The highest BCUT2D eigenvalue weighted by molar-refractivity contribution is 5.92. The predicted molar refractivity (Wildman–Crippen MR) is 69.6 cm³/mol. The van der Waals surface area contributed by atoms with Gasteiger partial charge in [-0.3, -0.25) is 4.79 Å². The molecule has 6 heteroatoms. The van der Waals surface area contributed by atoms with Crippen LogP contribution in [0, 0.1) is 5.92 Å². The maximum atomic E-state index is 11.5. The molecule has 0 aromatic carbocycles. The van der Waals surface area contributed by atoms with Gasteiger partial charge in [0.15, 0.2) is 5.69 Å².